The van der Waals surface area contributed by atoms with Crippen LogP contribution in [0.15, 0.2) is 6.33 Å². The largest absolute Gasteiger partial charge is 0.433 e. The standard InChI is InChI=1S/C20H19F3N6OS/c1-9-27-13-3-2-10(6-12(13)16(28-9)20(21,22)23)19(30)29-5-4-11-14(7-29)31-18-15(11)17(24)25-8-26-18/h8,10H,2-7H2,1H3,(H2,24,25,26). The number of nitrogens with two attached hydrogens (primary N) is 1. The van der Waals surface area contributed by atoms with E-state index in [0.29, 0.717) is 43.9 Å². The zero-order valence-electron chi connectivity index (χ0n) is 16.7. The predicted octanol–water partition coefficient (Wildman–Crippen LogP) is 3.08. The number of fused-ring (bicyclic) bond motifs is 4. The summed E-state index contributed by atoms with van der Waals surface area (Å²) < 4.78 is 40.6. The molecule has 7 nitrogen and oxygen atoms in total. The molecule has 3 aromatic heterocycles. The summed E-state index contributed by atoms with van der Waals surface area (Å²) in [6, 6.07) is 0. The van der Waals surface area contributed by atoms with E-state index in [1.54, 1.807) is 4.90 Å². The summed E-state index contributed by atoms with van der Waals surface area (Å²) in [6.45, 7) is 2.36. The fourth-order valence-corrected chi connectivity index (χ4v) is 5.79. The van der Waals surface area contributed by atoms with Crippen molar-refractivity contribution in [2.75, 3.05) is 12.3 Å². The third kappa shape index (κ3) is 3.40. The van der Waals surface area contributed by atoms with Crippen LogP contribution in [0.2, 0.25) is 0 Å². The number of carbonyl (C=O) groups is 1. The van der Waals surface area contributed by atoms with Crippen molar-refractivity contribution in [1.82, 2.24) is 24.8 Å². The van der Waals surface area contributed by atoms with Crippen LogP contribution in [-0.2, 0) is 36.8 Å². The van der Waals surface area contributed by atoms with Crippen molar-refractivity contribution in [3.63, 3.8) is 0 Å². The zero-order valence-corrected chi connectivity index (χ0v) is 17.5. The van der Waals surface area contributed by atoms with Crippen molar-refractivity contribution in [2.24, 2.45) is 5.92 Å². The van der Waals surface area contributed by atoms with Crippen LogP contribution < -0.4 is 5.73 Å². The maximum absolute atomic E-state index is 13.5. The van der Waals surface area contributed by atoms with Gasteiger partial charge in [0.1, 0.15) is 22.8 Å². The molecular formula is C20H19F3N6OS. The molecule has 2 aliphatic rings. The van der Waals surface area contributed by atoms with E-state index < -0.39 is 17.8 Å². The first kappa shape index (κ1) is 20.1. The van der Waals surface area contributed by atoms with Crippen molar-refractivity contribution >= 4 is 33.3 Å². The monoisotopic (exact) mass is 448 g/mol. The van der Waals surface area contributed by atoms with Crippen LogP contribution in [0.4, 0.5) is 19.0 Å². The number of thiophene rings is 1. The highest BCUT2D eigenvalue weighted by molar-refractivity contribution is 7.19. The zero-order chi connectivity index (χ0) is 21.9. The topological polar surface area (TPSA) is 97.9 Å². The maximum Gasteiger partial charge on any atom is 0.433 e. The Morgan fingerprint density at radius 3 is 2.81 bits per heavy atom. The van der Waals surface area contributed by atoms with E-state index in [-0.39, 0.29) is 23.7 Å². The van der Waals surface area contributed by atoms with Crippen molar-refractivity contribution < 1.29 is 18.0 Å². The number of anilines is 1. The summed E-state index contributed by atoms with van der Waals surface area (Å²) in [5, 5.41) is 0.850. The van der Waals surface area contributed by atoms with Gasteiger partial charge in [-0.1, -0.05) is 0 Å². The molecule has 0 saturated carbocycles. The number of rotatable bonds is 1. The molecule has 3 aromatic rings. The van der Waals surface area contributed by atoms with Crippen molar-refractivity contribution in [2.45, 2.75) is 45.3 Å². The normalized spacial score (nSPS) is 18.7. The molecule has 2 N–H and O–H groups in total. The van der Waals surface area contributed by atoms with Gasteiger partial charge < -0.3 is 10.6 Å². The highest BCUT2D eigenvalue weighted by atomic mass is 32.1. The highest BCUT2D eigenvalue weighted by Gasteiger charge is 2.41. The van der Waals surface area contributed by atoms with Crippen molar-refractivity contribution in [3.8, 4) is 0 Å². The minimum atomic E-state index is -4.57. The molecule has 1 aliphatic heterocycles. The molecule has 162 valence electrons. The molecule has 0 saturated heterocycles. The van der Waals surface area contributed by atoms with E-state index in [0.717, 1.165) is 20.7 Å². The van der Waals surface area contributed by atoms with Crippen molar-refractivity contribution in [3.05, 3.63) is 39.5 Å². The smallest absolute Gasteiger partial charge is 0.383 e. The Bertz CT molecular complexity index is 1210. The fraction of sp³-hybridized carbons (Fsp3) is 0.450. The van der Waals surface area contributed by atoms with E-state index in [2.05, 4.69) is 19.9 Å². The molecule has 0 fully saturated rings. The third-order valence-electron chi connectivity index (χ3n) is 5.98. The Morgan fingerprint density at radius 2 is 2.03 bits per heavy atom. The van der Waals surface area contributed by atoms with Gasteiger partial charge in [0.2, 0.25) is 5.91 Å². The summed E-state index contributed by atoms with van der Waals surface area (Å²) in [5.74, 6) is -0.102. The summed E-state index contributed by atoms with van der Waals surface area (Å²) in [4.78, 5) is 32.9. The molecule has 31 heavy (non-hydrogen) atoms. The quantitative estimate of drug-likeness (QED) is 0.615. The SMILES string of the molecule is Cc1nc2c(c(C(F)(F)F)n1)CC(C(=O)N1CCc3c(sc4ncnc(N)c34)C1)CC2. The van der Waals surface area contributed by atoms with Crippen LogP contribution in [0, 0.1) is 12.8 Å². The molecule has 5 rings (SSSR count). The number of halogens is 3. The van der Waals surface area contributed by atoms with Crippen LogP contribution in [-0.4, -0.2) is 37.3 Å². The van der Waals surface area contributed by atoms with Crippen LogP contribution >= 0.6 is 11.3 Å². The number of aromatic nitrogens is 4. The lowest BCUT2D eigenvalue weighted by molar-refractivity contribution is -0.143. The van der Waals surface area contributed by atoms with Gasteiger partial charge in [0.25, 0.3) is 0 Å². The minimum absolute atomic E-state index is 0.0114. The van der Waals surface area contributed by atoms with Crippen LogP contribution in [0.3, 0.4) is 0 Å². The first-order valence-electron chi connectivity index (χ1n) is 9.95. The highest BCUT2D eigenvalue weighted by Crippen LogP contribution is 2.39. The molecule has 1 amide bonds. The van der Waals surface area contributed by atoms with Gasteiger partial charge in [0.15, 0.2) is 5.69 Å². The Hall–Kier alpha value is -2.82. The van der Waals surface area contributed by atoms with Gasteiger partial charge in [-0.25, -0.2) is 19.9 Å². The average molecular weight is 448 g/mol. The van der Waals surface area contributed by atoms with Crippen LogP contribution in [0.1, 0.15) is 39.6 Å². The molecule has 0 aromatic carbocycles. The summed E-state index contributed by atoms with van der Waals surface area (Å²) >= 11 is 1.48. The molecule has 1 aliphatic carbocycles. The molecule has 4 heterocycles. The average Bonchev–Trinajstić information content (AvgIpc) is 3.10. The number of nitrogens with zero attached hydrogens (tertiary/aromatic N) is 5. The number of aryl methyl sites for hydroxylation is 2. The molecule has 1 atom stereocenters. The van der Waals surface area contributed by atoms with E-state index >= 15 is 0 Å². The van der Waals surface area contributed by atoms with Gasteiger partial charge in [0.05, 0.1) is 11.9 Å². The van der Waals surface area contributed by atoms with Gasteiger partial charge in [-0.05, 0) is 38.2 Å². The second kappa shape index (κ2) is 7.11. The lowest BCUT2D eigenvalue weighted by Gasteiger charge is -2.33. The minimum Gasteiger partial charge on any atom is -0.383 e. The van der Waals surface area contributed by atoms with E-state index in [1.165, 1.54) is 24.6 Å². The first-order valence-corrected chi connectivity index (χ1v) is 10.8. The molecule has 1 unspecified atom stereocenters. The Kier molecular flexibility index (Phi) is 4.61. The van der Waals surface area contributed by atoms with Gasteiger partial charge in [0, 0.05) is 28.6 Å². The molecular weight excluding hydrogens is 429 g/mol. The first-order chi connectivity index (χ1) is 14.7. The van der Waals surface area contributed by atoms with Crippen molar-refractivity contribution in [1.29, 1.82) is 0 Å². The van der Waals surface area contributed by atoms with E-state index in [1.807, 2.05) is 0 Å². The maximum atomic E-state index is 13.5. The van der Waals surface area contributed by atoms with Gasteiger partial charge in [-0.3, -0.25) is 4.79 Å². The van der Waals surface area contributed by atoms with Gasteiger partial charge in [-0.2, -0.15) is 13.2 Å². The molecule has 0 bridgehead atoms. The van der Waals surface area contributed by atoms with E-state index in [4.69, 9.17) is 5.73 Å². The van der Waals surface area contributed by atoms with Gasteiger partial charge >= 0.3 is 6.18 Å². The third-order valence-corrected chi connectivity index (χ3v) is 7.11. The summed E-state index contributed by atoms with van der Waals surface area (Å²) in [6.07, 6.45) is -1.69. The summed E-state index contributed by atoms with van der Waals surface area (Å²) in [7, 11) is 0. The number of hydrogen-bond acceptors (Lipinski definition) is 7. The lowest BCUT2D eigenvalue weighted by Crippen LogP contribution is -2.41. The van der Waals surface area contributed by atoms with E-state index in [9.17, 15) is 18.0 Å². The fourth-order valence-electron chi connectivity index (χ4n) is 4.58. The summed E-state index contributed by atoms with van der Waals surface area (Å²) in [5.41, 5.74) is 6.64. The lowest BCUT2D eigenvalue weighted by atomic mass is 9.84. The molecule has 11 heteroatoms. The number of nitrogen functional groups attached to an aromatic ring is 1. The predicted molar refractivity (Wildman–Crippen MR) is 108 cm³/mol. The number of hydrogen-bond donors (Lipinski definition) is 1. The number of carbonyl (C=O) groups excluding carboxylic acids is 1. The Balaban J connectivity index is 1.40. The van der Waals surface area contributed by atoms with Gasteiger partial charge in [-0.15, -0.1) is 11.3 Å². The second-order valence-corrected chi connectivity index (χ2v) is 9.02. The molecule has 0 spiro atoms. The van der Waals surface area contributed by atoms with Crippen LogP contribution in [0.25, 0.3) is 10.2 Å². The number of alkyl halides is 3. The van der Waals surface area contributed by atoms with Crippen LogP contribution in [0.5, 0.6) is 0 Å². The second-order valence-electron chi connectivity index (χ2n) is 7.93. The molecule has 0 radical (unpaired) electrons. The number of amides is 1. The Labute approximate surface area is 179 Å². The Morgan fingerprint density at radius 1 is 1.23 bits per heavy atom.